The molecule has 1 aromatic rings. The summed E-state index contributed by atoms with van der Waals surface area (Å²) in [5.41, 5.74) is 5.84. The van der Waals surface area contributed by atoms with Crippen LogP contribution in [0.1, 0.15) is 13.3 Å². The van der Waals surface area contributed by atoms with Crippen LogP contribution in [0.3, 0.4) is 0 Å². The zero-order chi connectivity index (χ0) is 12.8. The van der Waals surface area contributed by atoms with Gasteiger partial charge < -0.3 is 10.6 Å². The van der Waals surface area contributed by atoms with E-state index in [1.165, 1.54) is 36.7 Å². The number of likely N-dealkylation sites (tertiary alicyclic amines) is 1. The van der Waals surface area contributed by atoms with Gasteiger partial charge in [0.1, 0.15) is 0 Å². The van der Waals surface area contributed by atoms with E-state index in [0.717, 1.165) is 12.5 Å². The first-order valence-electron chi connectivity index (χ1n) is 6.90. The molecule has 0 radical (unpaired) electrons. The number of thioether (sulfide) groups is 1. The minimum Gasteiger partial charge on any atom is -0.330 e. The molecule has 0 aromatic heterocycles. The van der Waals surface area contributed by atoms with Crippen molar-refractivity contribution in [1.29, 1.82) is 0 Å². The lowest BCUT2D eigenvalue weighted by Crippen LogP contribution is -2.43. The lowest BCUT2D eigenvalue weighted by atomic mass is 9.87. The number of rotatable bonds is 5. The van der Waals surface area contributed by atoms with Gasteiger partial charge in [0.05, 0.1) is 0 Å². The van der Waals surface area contributed by atoms with Crippen molar-refractivity contribution >= 4 is 11.8 Å². The van der Waals surface area contributed by atoms with Crippen molar-refractivity contribution in [2.75, 3.05) is 31.9 Å². The Kier molecular flexibility index (Phi) is 5.54. The van der Waals surface area contributed by atoms with Crippen molar-refractivity contribution in [3.8, 4) is 0 Å². The smallest absolute Gasteiger partial charge is 0.0108 e. The number of nitrogens with zero attached hydrogens (tertiary/aromatic N) is 1. The van der Waals surface area contributed by atoms with Gasteiger partial charge in [0.2, 0.25) is 0 Å². The highest BCUT2D eigenvalue weighted by Crippen LogP contribution is 2.23. The summed E-state index contributed by atoms with van der Waals surface area (Å²) in [7, 11) is 0. The first-order valence-corrected chi connectivity index (χ1v) is 7.88. The molecule has 1 aromatic carbocycles. The van der Waals surface area contributed by atoms with Crippen molar-refractivity contribution in [3.63, 3.8) is 0 Å². The zero-order valence-corrected chi connectivity index (χ0v) is 12.0. The monoisotopic (exact) mass is 264 g/mol. The summed E-state index contributed by atoms with van der Waals surface area (Å²) < 4.78 is 0. The molecule has 1 fully saturated rings. The molecule has 0 aliphatic carbocycles. The minimum absolute atomic E-state index is 0.695. The molecule has 1 heterocycles. The molecular weight excluding hydrogens is 240 g/mol. The quantitative estimate of drug-likeness (QED) is 0.829. The van der Waals surface area contributed by atoms with Crippen molar-refractivity contribution in [2.24, 2.45) is 17.6 Å². The van der Waals surface area contributed by atoms with Gasteiger partial charge in [0.15, 0.2) is 0 Å². The van der Waals surface area contributed by atoms with E-state index >= 15 is 0 Å². The van der Waals surface area contributed by atoms with Gasteiger partial charge in [0.25, 0.3) is 0 Å². The summed E-state index contributed by atoms with van der Waals surface area (Å²) in [6.07, 6.45) is 1.30. The lowest BCUT2D eigenvalue weighted by Gasteiger charge is -2.36. The third-order valence-corrected chi connectivity index (χ3v) is 4.91. The summed E-state index contributed by atoms with van der Waals surface area (Å²) >= 11 is 1.95. The molecule has 18 heavy (non-hydrogen) atoms. The molecule has 2 unspecified atom stereocenters. The predicted molar refractivity (Wildman–Crippen MR) is 79.9 cm³/mol. The molecule has 100 valence electrons. The third-order valence-electron chi connectivity index (χ3n) is 3.92. The Bertz CT molecular complexity index is 342. The van der Waals surface area contributed by atoms with Gasteiger partial charge in [-0.15, -0.1) is 11.8 Å². The van der Waals surface area contributed by atoms with E-state index in [4.69, 9.17) is 5.73 Å². The van der Waals surface area contributed by atoms with Crippen LogP contribution in [0.5, 0.6) is 0 Å². The van der Waals surface area contributed by atoms with Crippen LogP contribution >= 0.6 is 11.8 Å². The van der Waals surface area contributed by atoms with E-state index < -0.39 is 0 Å². The van der Waals surface area contributed by atoms with Crippen molar-refractivity contribution in [2.45, 2.75) is 18.2 Å². The minimum atomic E-state index is 0.695. The highest BCUT2D eigenvalue weighted by Gasteiger charge is 2.24. The van der Waals surface area contributed by atoms with E-state index in [1.54, 1.807) is 0 Å². The molecule has 1 aliphatic heterocycles. The summed E-state index contributed by atoms with van der Waals surface area (Å²) in [5, 5.41) is 0. The van der Waals surface area contributed by atoms with E-state index in [0.29, 0.717) is 5.92 Å². The van der Waals surface area contributed by atoms with Gasteiger partial charge in [-0.3, -0.25) is 0 Å². The number of hydrogen-bond acceptors (Lipinski definition) is 3. The number of nitrogens with two attached hydrogens (primary N) is 1. The van der Waals surface area contributed by atoms with Crippen LogP contribution in [0, 0.1) is 11.8 Å². The highest BCUT2D eigenvalue weighted by molar-refractivity contribution is 7.99. The normalized spacial score (nSPS) is 25.2. The van der Waals surface area contributed by atoms with Crippen molar-refractivity contribution < 1.29 is 0 Å². The van der Waals surface area contributed by atoms with Crippen LogP contribution in [-0.2, 0) is 0 Å². The van der Waals surface area contributed by atoms with Crippen molar-refractivity contribution in [3.05, 3.63) is 30.3 Å². The van der Waals surface area contributed by atoms with Gasteiger partial charge >= 0.3 is 0 Å². The Morgan fingerprint density at radius 2 is 2.11 bits per heavy atom. The molecule has 0 bridgehead atoms. The summed E-state index contributed by atoms with van der Waals surface area (Å²) in [5.74, 6) is 2.67. The lowest BCUT2D eigenvalue weighted by molar-refractivity contribution is 0.139. The van der Waals surface area contributed by atoms with Crippen LogP contribution in [0.25, 0.3) is 0 Å². The van der Waals surface area contributed by atoms with Gasteiger partial charge in [0, 0.05) is 23.7 Å². The van der Waals surface area contributed by atoms with Crippen LogP contribution < -0.4 is 5.73 Å². The fraction of sp³-hybridized carbons (Fsp3) is 0.600. The molecule has 0 spiro atoms. The maximum atomic E-state index is 5.84. The fourth-order valence-corrected chi connectivity index (χ4v) is 3.48. The molecule has 1 saturated heterocycles. The highest BCUT2D eigenvalue weighted by atomic mass is 32.2. The molecule has 2 rings (SSSR count). The van der Waals surface area contributed by atoms with Crippen molar-refractivity contribution in [1.82, 2.24) is 4.90 Å². The maximum Gasteiger partial charge on any atom is 0.0108 e. The number of hydrogen-bond donors (Lipinski definition) is 1. The fourth-order valence-electron chi connectivity index (χ4n) is 2.54. The largest absolute Gasteiger partial charge is 0.330 e. The Balaban J connectivity index is 1.71. The second-order valence-electron chi connectivity index (χ2n) is 5.22. The maximum absolute atomic E-state index is 5.84. The molecule has 0 saturated carbocycles. The third kappa shape index (κ3) is 4.01. The van der Waals surface area contributed by atoms with Gasteiger partial charge in [-0.2, -0.15) is 0 Å². The average molecular weight is 264 g/mol. The molecule has 3 heteroatoms. The van der Waals surface area contributed by atoms with Crippen LogP contribution in [-0.4, -0.2) is 36.8 Å². The molecule has 1 aliphatic rings. The predicted octanol–water partition coefficient (Wildman–Crippen LogP) is 2.70. The second kappa shape index (κ2) is 7.17. The average Bonchev–Trinajstić information content (AvgIpc) is 2.42. The Hall–Kier alpha value is -0.510. The first kappa shape index (κ1) is 13.9. The number of piperidine rings is 1. The Morgan fingerprint density at radius 3 is 2.83 bits per heavy atom. The zero-order valence-electron chi connectivity index (χ0n) is 11.2. The van der Waals surface area contributed by atoms with E-state index in [-0.39, 0.29) is 0 Å². The Morgan fingerprint density at radius 1 is 1.33 bits per heavy atom. The molecule has 0 amide bonds. The molecule has 2 nitrogen and oxygen atoms in total. The molecule has 2 N–H and O–H groups in total. The van der Waals surface area contributed by atoms with Crippen LogP contribution in [0.2, 0.25) is 0 Å². The van der Waals surface area contributed by atoms with Crippen LogP contribution in [0.15, 0.2) is 35.2 Å². The van der Waals surface area contributed by atoms with Gasteiger partial charge in [-0.25, -0.2) is 0 Å². The van der Waals surface area contributed by atoms with Gasteiger partial charge in [-0.1, -0.05) is 25.1 Å². The number of benzene rings is 1. The first-order chi connectivity index (χ1) is 8.79. The summed E-state index contributed by atoms with van der Waals surface area (Å²) in [6, 6.07) is 10.7. The Labute approximate surface area is 115 Å². The SMILES string of the molecule is CC1CCN(CCSc2ccccc2)CC1CN. The van der Waals surface area contributed by atoms with E-state index in [9.17, 15) is 0 Å². The summed E-state index contributed by atoms with van der Waals surface area (Å²) in [6.45, 7) is 6.79. The molecular formula is C15H24N2S. The summed E-state index contributed by atoms with van der Waals surface area (Å²) in [4.78, 5) is 3.95. The molecule has 2 atom stereocenters. The standard InChI is InChI=1S/C15H24N2S/c1-13-7-8-17(12-14(13)11-16)9-10-18-15-5-3-2-4-6-15/h2-6,13-14H,7-12,16H2,1H3. The van der Waals surface area contributed by atoms with E-state index in [2.05, 4.69) is 42.2 Å². The topological polar surface area (TPSA) is 29.3 Å². The second-order valence-corrected chi connectivity index (χ2v) is 6.39. The van der Waals surface area contributed by atoms with E-state index in [1.807, 2.05) is 11.8 Å². The van der Waals surface area contributed by atoms with Crippen LogP contribution in [0.4, 0.5) is 0 Å². The van der Waals surface area contributed by atoms with Gasteiger partial charge in [-0.05, 0) is 43.5 Å².